The van der Waals surface area contributed by atoms with Crippen LogP contribution in [0.4, 0.5) is 5.69 Å². The molecule has 0 aliphatic rings. The molecule has 2 aromatic carbocycles. The van der Waals surface area contributed by atoms with Gasteiger partial charge in [0.1, 0.15) is 5.75 Å². The minimum Gasteiger partial charge on any atom is -0.497 e. The maximum absolute atomic E-state index is 12.6. The van der Waals surface area contributed by atoms with E-state index in [1.807, 2.05) is 79.0 Å². The van der Waals surface area contributed by atoms with Crippen molar-refractivity contribution < 1.29 is 9.53 Å². The van der Waals surface area contributed by atoms with Crippen molar-refractivity contribution in [1.29, 1.82) is 0 Å². The van der Waals surface area contributed by atoms with Crippen molar-refractivity contribution in [2.45, 2.75) is 20.3 Å². The molecule has 4 rings (SSSR count). The Labute approximate surface area is 169 Å². The van der Waals surface area contributed by atoms with Gasteiger partial charge in [0.15, 0.2) is 5.65 Å². The van der Waals surface area contributed by atoms with Gasteiger partial charge in [-0.15, -0.1) is 0 Å². The number of carbonyl (C=O) groups is 1. The standard InChI is InChI=1S/C23H22N4O2/c1-15-20(13-23(28)25-18-9-11-19(29-3)12-10-18)16(2)27-22(24-15)14-21(26-27)17-7-5-4-6-8-17/h4-12,14H,13H2,1-3H3,(H,25,28). The van der Waals surface area contributed by atoms with Crippen LogP contribution in [-0.4, -0.2) is 27.6 Å². The summed E-state index contributed by atoms with van der Waals surface area (Å²) in [4.78, 5) is 17.3. The Morgan fingerprint density at radius 3 is 2.48 bits per heavy atom. The summed E-state index contributed by atoms with van der Waals surface area (Å²) in [6.45, 7) is 3.90. The third-order valence-corrected chi connectivity index (χ3v) is 4.94. The molecule has 2 heterocycles. The number of aryl methyl sites for hydroxylation is 2. The van der Waals surface area contributed by atoms with Crippen LogP contribution < -0.4 is 10.1 Å². The molecule has 6 nitrogen and oxygen atoms in total. The van der Waals surface area contributed by atoms with Crippen molar-refractivity contribution in [2.24, 2.45) is 0 Å². The van der Waals surface area contributed by atoms with Crippen molar-refractivity contribution in [2.75, 3.05) is 12.4 Å². The van der Waals surface area contributed by atoms with Crippen molar-refractivity contribution in [3.63, 3.8) is 0 Å². The van der Waals surface area contributed by atoms with E-state index in [1.54, 1.807) is 7.11 Å². The fraction of sp³-hybridized carbons (Fsp3) is 0.174. The summed E-state index contributed by atoms with van der Waals surface area (Å²) in [6, 6.07) is 19.2. The Morgan fingerprint density at radius 1 is 1.07 bits per heavy atom. The first-order chi connectivity index (χ1) is 14.0. The summed E-state index contributed by atoms with van der Waals surface area (Å²) in [5.74, 6) is 0.648. The summed E-state index contributed by atoms with van der Waals surface area (Å²) in [5.41, 5.74) is 6.03. The lowest BCUT2D eigenvalue weighted by molar-refractivity contribution is -0.115. The van der Waals surface area contributed by atoms with Crippen molar-refractivity contribution in [3.05, 3.63) is 77.6 Å². The van der Waals surface area contributed by atoms with E-state index in [4.69, 9.17) is 9.84 Å². The smallest absolute Gasteiger partial charge is 0.228 e. The first-order valence-electron chi connectivity index (χ1n) is 9.40. The highest BCUT2D eigenvalue weighted by Gasteiger charge is 2.16. The van der Waals surface area contributed by atoms with Gasteiger partial charge in [0, 0.05) is 34.3 Å². The molecule has 0 bridgehead atoms. The predicted octanol–water partition coefficient (Wildman–Crippen LogP) is 4.20. The number of fused-ring (bicyclic) bond motifs is 1. The van der Waals surface area contributed by atoms with Crippen LogP contribution in [0, 0.1) is 13.8 Å². The van der Waals surface area contributed by atoms with E-state index < -0.39 is 0 Å². The Balaban J connectivity index is 1.60. The average molecular weight is 386 g/mol. The lowest BCUT2D eigenvalue weighted by Gasteiger charge is -2.11. The van der Waals surface area contributed by atoms with Gasteiger partial charge in [-0.1, -0.05) is 30.3 Å². The van der Waals surface area contributed by atoms with Crippen LogP contribution in [0.3, 0.4) is 0 Å². The Hall–Kier alpha value is -3.67. The number of aromatic nitrogens is 3. The summed E-state index contributed by atoms with van der Waals surface area (Å²) in [7, 11) is 1.61. The summed E-state index contributed by atoms with van der Waals surface area (Å²) in [5, 5.41) is 7.63. The number of methoxy groups -OCH3 is 1. The molecule has 0 fully saturated rings. The van der Waals surface area contributed by atoms with Crippen LogP contribution in [0.5, 0.6) is 5.75 Å². The molecule has 6 heteroatoms. The Kier molecular flexibility index (Phi) is 4.99. The number of hydrogen-bond acceptors (Lipinski definition) is 4. The number of amides is 1. The molecule has 2 aromatic heterocycles. The molecule has 0 saturated heterocycles. The zero-order valence-electron chi connectivity index (χ0n) is 16.6. The SMILES string of the molecule is COc1ccc(NC(=O)Cc2c(C)nc3cc(-c4ccccc4)nn3c2C)cc1. The number of nitrogens with one attached hydrogen (secondary N) is 1. The molecule has 0 atom stereocenters. The van der Waals surface area contributed by atoms with Crippen LogP contribution in [0.1, 0.15) is 17.0 Å². The normalized spacial score (nSPS) is 10.9. The number of benzene rings is 2. The monoisotopic (exact) mass is 386 g/mol. The quantitative estimate of drug-likeness (QED) is 0.558. The number of carbonyl (C=O) groups excluding carboxylic acids is 1. The molecule has 1 amide bonds. The van der Waals surface area contributed by atoms with Gasteiger partial charge in [0.25, 0.3) is 0 Å². The Bertz CT molecular complexity index is 1170. The van der Waals surface area contributed by atoms with E-state index >= 15 is 0 Å². The van der Waals surface area contributed by atoms with Crippen LogP contribution in [0.15, 0.2) is 60.7 Å². The van der Waals surface area contributed by atoms with Gasteiger partial charge in [-0.3, -0.25) is 4.79 Å². The number of nitrogens with zero attached hydrogens (tertiary/aromatic N) is 3. The highest BCUT2D eigenvalue weighted by molar-refractivity contribution is 5.92. The minimum absolute atomic E-state index is 0.0991. The second-order valence-electron chi connectivity index (χ2n) is 6.88. The first-order valence-corrected chi connectivity index (χ1v) is 9.40. The molecule has 0 radical (unpaired) electrons. The Morgan fingerprint density at radius 2 is 1.79 bits per heavy atom. The lowest BCUT2D eigenvalue weighted by Crippen LogP contribution is -2.17. The third kappa shape index (κ3) is 3.82. The third-order valence-electron chi connectivity index (χ3n) is 4.94. The van der Waals surface area contributed by atoms with E-state index in [0.29, 0.717) is 0 Å². The second-order valence-corrected chi connectivity index (χ2v) is 6.88. The fourth-order valence-electron chi connectivity index (χ4n) is 3.37. The van der Waals surface area contributed by atoms with Crippen LogP contribution in [-0.2, 0) is 11.2 Å². The average Bonchev–Trinajstić information content (AvgIpc) is 3.16. The van der Waals surface area contributed by atoms with Crippen LogP contribution >= 0.6 is 0 Å². The number of anilines is 1. The van der Waals surface area contributed by atoms with E-state index in [-0.39, 0.29) is 12.3 Å². The molecule has 146 valence electrons. The minimum atomic E-state index is -0.0991. The molecule has 0 saturated carbocycles. The van der Waals surface area contributed by atoms with Gasteiger partial charge >= 0.3 is 0 Å². The molecule has 0 spiro atoms. The van der Waals surface area contributed by atoms with Crippen LogP contribution in [0.25, 0.3) is 16.9 Å². The van der Waals surface area contributed by atoms with Gasteiger partial charge in [-0.25, -0.2) is 9.50 Å². The van der Waals surface area contributed by atoms with Gasteiger partial charge < -0.3 is 10.1 Å². The molecule has 4 aromatic rings. The zero-order valence-corrected chi connectivity index (χ0v) is 16.6. The summed E-state index contributed by atoms with van der Waals surface area (Å²) in [6.07, 6.45) is 0.229. The number of rotatable bonds is 5. The fourth-order valence-corrected chi connectivity index (χ4v) is 3.37. The van der Waals surface area contributed by atoms with Gasteiger partial charge in [-0.05, 0) is 38.1 Å². The van der Waals surface area contributed by atoms with Crippen LogP contribution in [0.2, 0.25) is 0 Å². The molecule has 0 aliphatic heterocycles. The zero-order chi connectivity index (χ0) is 20.4. The predicted molar refractivity (Wildman–Crippen MR) is 113 cm³/mol. The van der Waals surface area contributed by atoms with Crippen molar-refractivity contribution >= 4 is 17.2 Å². The maximum Gasteiger partial charge on any atom is 0.228 e. The molecular formula is C23H22N4O2. The second kappa shape index (κ2) is 7.75. The highest BCUT2D eigenvalue weighted by Crippen LogP contribution is 2.22. The van der Waals surface area contributed by atoms with E-state index in [9.17, 15) is 4.79 Å². The maximum atomic E-state index is 12.6. The highest BCUT2D eigenvalue weighted by atomic mass is 16.5. The van der Waals surface area contributed by atoms with Crippen molar-refractivity contribution in [3.8, 4) is 17.0 Å². The molecule has 0 aliphatic carbocycles. The van der Waals surface area contributed by atoms with Gasteiger partial charge in [0.05, 0.1) is 19.2 Å². The molecule has 0 unspecified atom stereocenters. The van der Waals surface area contributed by atoms with E-state index in [0.717, 1.165) is 45.3 Å². The van der Waals surface area contributed by atoms with Gasteiger partial charge in [0.2, 0.25) is 5.91 Å². The largest absolute Gasteiger partial charge is 0.497 e. The van der Waals surface area contributed by atoms with Crippen molar-refractivity contribution in [1.82, 2.24) is 14.6 Å². The lowest BCUT2D eigenvalue weighted by atomic mass is 10.1. The van der Waals surface area contributed by atoms with E-state index in [2.05, 4.69) is 10.3 Å². The van der Waals surface area contributed by atoms with E-state index in [1.165, 1.54) is 0 Å². The summed E-state index contributed by atoms with van der Waals surface area (Å²) >= 11 is 0. The topological polar surface area (TPSA) is 68.5 Å². The molecular weight excluding hydrogens is 364 g/mol. The van der Waals surface area contributed by atoms with Gasteiger partial charge in [-0.2, -0.15) is 5.10 Å². The first kappa shape index (κ1) is 18.7. The number of hydrogen-bond donors (Lipinski definition) is 1. The summed E-state index contributed by atoms with van der Waals surface area (Å²) < 4.78 is 6.96. The number of ether oxygens (including phenoxy) is 1. The molecule has 29 heavy (non-hydrogen) atoms. The molecule has 1 N–H and O–H groups in total.